The van der Waals surface area contributed by atoms with Crippen LogP contribution in [0.5, 0.6) is 0 Å². The van der Waals surface area contributed by atoms with E-state index in [0.29, 0.717) is 16.9 Å². The lowest BCUT2D eigenvalue weighted by Crippen LogP contribution is -2.26. The van der Waals surface area contributed by atoms with Gasteiger partial charge in [-0.25, -0.2) is 8.42 Å². The van der Waals surface area contributed by atoms with Gasteiger partial charge >= 0.3 is 0 Å². The van der Waals surface area contributed by atoms with Crippen LogP contribution in [0.15, 0.2) is 106 Å². The quantitative estimate of drug-likeness (QED) is 0.300. The lowest BCUT2D eigenvalue weighted by Gasteiger charge is -2.20. The summed E-state index contributed by atoms with van der Waals surface area (Å²) >= 11 is 3.28. The van der Waals surface area contributed by atoms with E-state index in [1.165, 1.54) is 28.4 Å². The van der Waals surface area contributed by atoms with E-state index < -0.39 is 10.0 Å². The number of amides is 1. The summed E-state index contributed by atoms with van der Waals surface area (Å²) in [4.78, 5) is 15.2. The van der Waals surface area contributed by atoms with E-state index >= 15 is 0 Å². The van der Waals surface area contributed by atoms with Crippen molar-refractivity contribution in [3.05, 3.63) is 107 Å². The zero-order valence-electron chi connectivity index (χ0n) is 17.8. The van der Waals surface area contributed by atoms with Gasteiger partial charge in [-0.1, -0.05) is 42.5 Å². The van der Waals surface area contributed by atoms with E-state index in [1.54, 1.807) is 65.6 Å². The highest BCUT2D eigenvalue weighted by Crippen LogP contribution is 2.29. The normalized spacial score (nSPS) is 11.2. The second kappa shape index (κ2) is 10.2. The molecule has 0 spiro atoms. The summed E-state index contributed by atoms with van der Waals surface area (Å²) in [5, 5.41) is 4.88. The third-order valence-corrected chi connectivity index (χ3v) is 8.91. The number of sulfonamides is 1. The fraction of sp³-hybridized carbons (Fsp3) is 0.0800. The van der Waals surface area contributed by atoms with Crippen LogP contribution < -0.4 is 9.62 Å². The number of thiophene rings is 1. The van der Waals surface area contributed by atoms with Gasteiger partial charge in [-0.05, 0) is 53.9 Å². The Morgan fingerprint density at radius 3 is 2.45 bits per heavy atom. The van der Waals surface area contributed by atoms with Gasteiger partial charge in [0, 0.05) is 28.3 Å². The molecule has 1 amide bonds. The van der Waals surface area contributed by atoms with E-state index in [-0.39, 0.29) is 10.8 Å². The average Bonchev–Trinajstić information content (AvgIpc) is 3.37. The molecule has 0 aliphatic carbocycles. The summed E-state index contributed by atoms with van der Waals surface area (Å²) in [6.45, 7) is 0. The lowest BCUT2D eigenvalue weighted by atomic mass is 10.2. The van der Waals surface area contributed by atoms with E-state index in [0.717, 1.165) is 10.6 Å². The smallest absolute Gasteiger partial charge is 0.264 e. The largest absolute Gasteiger partial charge is 0.322 e. The zero-order chi connectivity index (χ0) is 23.3. The van der Waals surface area contributed by atoms with Crippen molar-refractivity contribution in [3.8, 4) is 0 Å². The first-order valence-corrected chi connectivity index (χ1v) is 13.5. The highest BCUT2D eigenvalue weighted by molar-refractivity contribution is 7.98. The summed E-state index contributed by atoms with van der Waals surface area (Å²) in [6, 6.07) is 26.7. The minimum atomic E-state index is -3.78. The Bertz CT molecular complexity index is 1340. The minimum absolute atomic E-state index is 0.104. The van der Waals surface area contributed by atoms with Crippen molar-refractivity contribution in [3.63, 3.8) is 0 Å². The number of benzene rings is 3. The molecule has 0 saturated carbocycles. The number of rotatable bonds is 8. The number of carbonyl (C=O) groups excluding carboxylic acids is 1. The molecule has 0 radical (unpaired) electrons. The van der Waals surface area contributed by atoms with Gasteiger partial charge in [0.1, 0.15) is 0 Å². The van der Waals surface area contributed by atoms with Crippen LogP contribution in [-0.4, -0.2) is 21.4 Å². The lowest BCUT2D eigenvalue weighted by molar-refractivity contribution is 0.102. The molecule has 4 rings (SSSR count). The van der Waals surface area contributed by atoms with E-state index in [9.17, 15) is 13.2 Å². The molecule has 0 saturated heterocycles. The van der Waals surface area contributed by atoms with Crippen LogP contribution in [0.2, 0.25) is 0 Å². The molecular formula is C25H22N2O3S3. The topological polar surface area (TPSA) is 66.5 Å². The predicted octanol–water partition coefficient (Wildman–Crippen LogP) is 6.12. The van der Waals surface area contributed by atoms with Crippen molar-refractivity contribution in [1.29, 1.82) is 0 Å². The Balaban J connectivity index is 1.53. The maximum absolute atomic E-state index is 13.1. The monoisotopic (exact) mass is 494 g/mol. The van der Waals surface area contributed by atoms with Crippen LogP contribution in [0, 0.1) is 0 Å². The summed E-state index contributed by atoms with van der Waals surface area (Å²) < 4.78 is 27.4. The Kier molecular flexibility index (Phi) is 7.17. The van der Waals surface area contributed by atoms with Gasteiger partial charge in [-0.3, -0.25) is 9.10 Å². The number of thioether (sulfide) groups is 1. The van der Waals surface area contributed by atoms with Crippen LogP contribution in [0.3, 0.4) is 0 Å². The molecule has 1 N–H and O–H groups in total. The van der Waals surface area contributed by atoms with Gasteiger partial charge in [0.15, 0.2) is 0 Å². The van der Waals surface area contributed by atoms with Crippen LogP contribution in [0.4, 0.5) is 11.4 Å². The molecule has 0 aliphatic rings. The summed E-state index contributed by atoms with van der Waals surface area (Å²) in [5.74, 6) is 0.497. The average molecular weight is 495 g/mol. The van der Waals surface area contributed by atoms with Crippen molar-refractivity contribution in [2.75, 3.05) is 16.7 Å². The Morgan fingerprint density at radius 1 is 0.939 bits per heavy atom. The molecule has 5 nitrogen and oxygen atoms in total. The number of para-hydroxylation sites is 1. The van der Waals surface area contributed by atoms with Crippen molar-refractivity contribution in [2.24, 2.45) is 0 Å². The molecule has 8 heteroatoms. The van der Waals surface area contributed by atoms with Crippen LogP contribution in [0.25, 0.3) is 0 Å². The zero-order valence-corrected chi connectivity index (χ0v) is 20.3. The summed E-state index contributed by atoms with van der Waals surface area (Å²) in [6.07, 6.45) is 0. The van der Waals surface area contributed by atoms with Crippen molar-refractivity contribution < 1.29 is 13.2 Å². The molecule has 1 heterocycles. The van der Waals surface area contributed by atoms with Crippen LogP contribution in [0.1, 0.15) is 15.2 Å². The molecule has 3 aromatic carbocycles. The number of anilines is 2. The van der Waals surface area contributed by atoms with Gasteiger partial charge in [0.05, 0.1) is 16.1 Å². The first-order valence-electron chi connectivity index (χ1n) is 10.1. The fourth-order valence-electron chi connectivity index (χ4n) is 3.19. The number of hydrogen-bond donors (Lipinski definition) is 1. The summed E-state index contributed by atoms with van der Waals surface area (Å²) in [7, 11) is -2.27. The molecule has 1 aromatic heterocycles. The van der Waals surface area contributed by atoms with Gasteiger partial charge in [-0.15, -0.1) is 23.1 Å². The number of carbonyl (C=O) groups is 1. The maximum atomic E-state index is 13.1. The van der Waals surface area contributed by atoms with Crippen molar-refractivity contribution in [2.45, 2.75) is 15.5 Å². The highest BCUT2D eigenvalue weighted by Gasteiger charge is 2.22. The van der Waals surface area contributed by atoms with E-state index in [1.807, 2.05) is 35.7 Å². The SMILES string of the molecule is CN(c1ccccc1)S(=O)(=O)c1cccc(NC(=O)c2ccccc2SCc2cccs2)c1. The highest BCUT2D eigenvalue weighted by atomic mass is 32.2. The molecule has 168 valence electrons. The molecule has 0 bridgehead atoms. The molecule has 0 fully saturated rings. The second-order valence-electron chi connectivity index (χ2n) is 7.15. The number of nitrogens with zero attached hydrogens (tertiary/aromatic N) is 1. The Morgan fingerprint density at radius 2 is 1.70 bits per heavy atom. The molecular weight excluding hydrogens is 472 g/mol. The van der Waals surface area contributed by atoms with Gasteiger partial charge in [-0.2, -0.15) is 0 Å². The van der Waals surface area contributed by atoms with E-state index in [2.05, 4.69) is 11.4 Å². The van der Waals surface area contributed by atoms with Crippen LogP contribution in [-0.2, 0) is 15.8 Å². The first-order chi connectivity index (χ1) is 15.9. The maximum Gasteiger partial charge on any atom is 0.264 e. The van der Waals surface area contributed by atoms with Crippen LogP contribution >= 0.6 is 23.1 Å². The molecule has 33 heavy (non-hydrogen) atoms. The minimum Gasteiger partial charge on any atom is -0.322 e. The molecule has 0 unspecified atom stereocenters. The van der Waals surface area contributed by atoms with Gasteiger partial charge in [0.2, 0.25) is 0 Å². The van der Waals surface area contributed by atoms with Crippen molar-refractivity contribution in [1.82, 2.24) is 0 Å². The van der Waals surface area contributed by atoms with Crippen molar-refractivity contribution >= 4 is 50.4 Å². The summed E-state index contributed by atoms with van der Waals surface area (Å²) in [5.41, 5.74) is 1.53. The Labute approximate surface area is 202 Å². The number of hydrogen-bond acceptors (Lipinski definition) is 5. The third-order valence-electron chi connectivity index (χ3n) is 4.95. The predicted molar refractivity (Wildman–Crippen MR) is 137 cm³/mol. The fourth-order valence-corrected chi connectivity index (χ4v) is 6.26. The van der Waals surface area contributed by atoms with Gasteiger partial charge in [0.25, 0.3) is 15.9 Å². The standard InChI is InChI=1S/C25H22N2O3S3/c1-27(20-10-3-2-4-11-20)33(29,30)22-13-7-9-19(17-22)26-25(28)23-14-5-6-15-24(23)32-18-21-12-8-16-31-21/h2-17H,18H2,1H3,(H,26,28). The van der Waals surface area contributed by atoms with Gasteiger partial charge < -0.3 is 5.32 Å². The molecule has 0 atom stereocenters. The molecule has 0 aliphatic heterocycles. The third kappa shape index (κ3) is 5.47. The second-order valence-corrected chi connectivity index (χ2v) is 11.2. The first kappa shape index (κ1) is 23.1. The van der Waals surface area contributed by atoms with E-state index in [4.69, 9.17) is 0 Å². The molecule has 4 aromatic rings. The Hall–Kier alpha value is -3.07. The number of nitrogens with one attached hydrogen (secondary N) is 1.